The van der Waals surface area contributed by atoms with Crippen LogP contribution in [0.4, 0.5) is 0 Å². The van der Waals surface area contributed by atoms with Crippen molar-refractivity contribution >= 4 is 17.6 Å². The third kappa shape index (κ3) is 5.25. The molecule has 0 atom stereocenters. The largest absolute Gasteiger partial charge is 0.356 e. The highest BCUT2D eigenvalue weighted by Gasteiger charge is 2.21. The Labute approximate surface area is 143 Å². The fraction of sp³-hybridized carbons (Fsp3) is 0.333. The summed E-state index contributed by atoms with van der Waals surface area (Å²) >= 11 is 6.10. The van der Waals surface area contributed by atoms with Crippen molar-refractivity contribution in [2.24, 2.45) is 4.99 Å². The number of halogens is 1. The number of rotatable bonds is 5. The summed E-state index contributed by atoms with van der Waals surface area (Å²) in [5, 5.41) is 7.39. The molecule has 1 heterocycles. The predicted molar refractivity (Wildman–Crippen MR) is 96.9 cm³/mol. The fourth-order valence-corrected chi connectivity index (χ4v) is 2.40. The summed E-state index contributed by atoms with van der Waals surface area (Å²) in [4.78, 5) is 8.55. The van der Waals surface area contributed by atoms with Gasteiger partial charge in [0.15, 0.2) is 5.96 Å². The summed E-state index contributed by atoms with van der Waals surface area (Å²) < 4.78 is 0. The average molecular weight is 331 g/mol. The minimum atomic E-state index is -0.0620. The Bertz CT molecular complexity index is 653. The van der Waals surface area contributed by atoms with Crippen molar-refractivity contribution in [3.8, 4) is 0 Å². The maximum atomic E-state index is 6.10. The first-order chi connectivity index (χ1) is 11.0. The van der Waals surface area contributed by atoms with Gasteiger partial charge in [0.25, 0.3) is 0 Å². The van der Waals surface area contributed by atoms with E-state index >= 15 is 0 Å². The van der Waals surface area contributed by atoms with Crippen LogP contribution in [0.15, 0.2) is 53.7 Å². The number of pyridine rings is 1. The summed E-state index contributed by atoms with van der Waals surface area (Å²) in [5.74, 6) is 0.755. The SMILES string of the molecule is CN=C(NCc1ccccn1)NCC(C)(C)c1cccc(Cl)c1. The summed E-state index contributed by atoms with van der Waals surface area (Å²) in [6.07, 6.45) is 1.79. The molecule has 0 aliphatic rings. The highest BCUT2D eigenvalue weighted by atomic mass is 35.5. The van der Waals surface area contributed by atoms with Crippen molar-refractivity contribution < 1.29 is 0 Å². The van der Waals surface area contributed by atoms with Gasteiger partial charge in [-0.3, -0.25) is 9.98 Å². The maximum absolute atomic E-state index is 6.10. The topological polar surface area (TPSA) is 49.3 Å². The standard InChI is InChI=1S/C18H23ClN4/c1-18(2,14-7-6-8-15(19)11-14)13-23-17(20-3)22-12-16-9-4-5-10-21-16/h4-11H,12-13H2,1-3H3,(H2,20,22,23). The van der Waals surface area contributed by atoms with Crippen LogP contribution in [-0.4, -0.2) is 24.5 Å². The monoisotopic (exact) mass is 330 g/mol. The molecule has 2 N–H and O–H groups in total. The van der Waals surface area contributed by atoms with E-state index in [1.807, 2.05) is 36.4 Å². The number of nitrogens with one attached hydrogen (secondary N) is 2. The second-order valence-corrected chi connectivity index (χ2v) is 6.43. The summed E-state index contributed by atoms with van der Waals surface area (Å²) in [6, 6.07) is 13.8. The number of aromatic nitrogens is 1. The number of benzene rings is 1. The van der Waals surface area contributed by atoms with E-state index in [1.165, 1.54) is 5.56 Å². The molecule has 122 valence electrons. The Morgan fingerprint density at radius 2 is 2.00 bits per heavy atom. The van der Waals surface area contributed by atoms with Gasteiger partial charge in [-0.15, -0.1) is 0 Å². The molecule has 0 fully saturated rings. The van der Waals surface area contributed by atoms with Gasteiger partial charge >= 0.3 is 0 Å². The number of guanidine groups is 1. The molecule has 0 aliphatic carbocycles. The van der Waals surface area contributed by atoms with Gasteiger partial charge in [-0.2, -0.15) is 0 Å². The molecule has 23 heavy (non-hydrogen) atoms. The molecule has 0 radical (unpaired) electrons. The first kappa shape index (κ1) is 17.3. The van der Waals surface area contributed by atoms with E-state index in [0.717, 1.165) is 23.2 Å². The zero-order chi connectivity index (χ0) is 16.7. The van der Waals surface area contributed by atoms with Gasteiger partial charge in [0.1, 0.15) is 0 Å². The zero-order valence-corrected chi connectivity index (χ0v) is 14.6. The van der Waals surface area contributed by atoms with Crippen LogP contribution in [0.2, 0.25) is 5.02 Å². The molecule has 0 amide bonds. The number of hydrogen-bond donors (Lipinski definition) is 2. The van der Waals surface area contributed by atoms with E-state index in [1.54, 1.807) is 13.2 Å². The van der Waals surface area contributed by atoms with Gasteiger partial charge < -0.3 is 10.6 Å². The van der Waals surface area contributed by atoms with Crippen LogP contribution in [0.1, 0.15) is 25.1 Å². The second-order valence-electron chi connectivity index (χ2n) is 5.99. The first-order valence-electron chi connectivity index (χ1n) is 7.62. The van der Waals surface area contributed by atoms with Crippen LogP contribution in [0.5, 0.6) is 0 Å². The first-order valence-corrected chi connectivity index (χ1v) is 7.99. The van der Waals surface area contributed by atoms with E-state index in [0.29, 0.717) is 6.54 Å². The summed E-state index contributed by atoms with van der Waals surface area (Å²) in [6.45, 7) is 5.74. The van der Waals surface area contributed by atoms with Gasteiger partial charge in [0.05, 0.1) is 12.2 Å². The Morgan fingerprint density at radius 3 is 2.65 bits per heavy atom. The molecule has 1 aromatic carbocycles. The minimum Gasteiger partial charge on any atom is -0.356 e. The molecule has 0 saturated heterocycles. The van der Waals surface area contributed by atoms with Crippen molar-refractivity contribution in [3.05, 3.63) is 64.9 Å². The summed E-state index contributed by atoms with van der Waals surface area (Å²) in [5.41, 5.74) is 2.11. The predicted octanol–water partition coefficient (Wildman–Crippen LogP) is 3.38. The van der Waals surface area contributed by atoms with E-state index in [4.69, 9.17) is 11.6 Å². The molecular formula is C18H23ClN4. The van der Waals surface area contributed by atoms with E-state index in [9.17, 15) is 0 Å². The van der Waals surface area contributed by atoms with Crippen LogP contribution in [-0.2, 0) is 12.0 Å². The summed E-state index contributed by atoms with van der Waals surface area (Å²) in [7, 11) is 1.76. The van der Waals surface area contributed by atoms with Crippen molar-refractivity contribution in [2.75, 3.05) is 13.6 Å². The number of aliphatic imine (C=N–C) groups is 1. The second kappa shape index (κ2) is 7.97. The van der Waals surface area contributed by atoms with Gasteiger partial charge in [-0.25, -0.2) is 0 Å². The lowest BCUT2D eigenvalue weighted by Gasteiger charge is -2.27. The molecule has 0 bridgehead atoms. The zero-order valence-electron chi connectivity index (χ0n) is 13.8. The molecule has 5 heteroatoms. The van der Waals surface area contributed by atoms with Crippen molar-refractivity contribution in [2.45, 2.75) is 25.8 Å². The molecule has 2 aromatic rings. The third-order valence-corrected chi connectivity index (χ3v) is 3.93. The molecule has 1 aromatic heterocycles. The lowest BCUT2D eigenvalue weighted by atomic mass is 9.84. The lowest BCUT2D eigenvalue weighted by molar-refractivity contribution is 0.508. The van der Waals surface area contributed by atoms with Crippen LogP contribution >= 0.6 is 11.6 Å². The smallest absolute Gasteiger partial charge is 0.191 e. The van der Waals surface area contributed by atoms with Crippen molar-refractivity contribution in [3.63, 3.8) is 0 Å². The van der Waals surface area contributed by atoms with E-state index in [2.05, 4.69) is 40.5 Å². The van der Waals surface area contributed by atoms with Gasteiger partial charge in [-0.05, 0) is 29.8 Å². The lowest BCUT2D eigenvalue weighted by Crippen LogP contribution is -2.43. The Balaban J connectivity index is 1.92. The van der Waals surface area contributed by atoms with Gasteiger partial charge in [0.2, 0.25) is 0 Å². The number of hydrogen-bond acceptors (Lipinski definition) is 2. The molecule has 0 saturated carbocycles. The molecule has 4 nitrogen and oxygen atoms in total. The number of nitrogens with zero attached hydrogens (tertiary/aromatic N) is 2. The van der Waals surface area contributed by atoms with Crippen molar-refractivity contribution in [1.82, 2.24) is 15.6 Å². The average Bonchev–Trinajstić information content (AvgIpc) is 2.56. The van der Waals surface area contributed by atoms with Crippen LogP contribution in [0, 0.1) is 0 Å². The van der Waals surface area contributed by atoms with E-state index in [-0.39, 0.29) is 5.41 Å². The quantitative estimate of drug-likeness (QED) is 0.652. The molecule has 0 unspecified atom stereocenters. The molecule has 2 rings (SSSR count). The third-order valence-electron chi connectivity index (χ3n) is 3.69. The van der Waals surface area contributed by atoms with Gasteiger partial charge in [0, 0.05) is 30.2 Å². The molecular weight excluding hydrogens is 308 g/mol. The van der Waals surface area contributed by atoms with E-state index < -0.39 is 0 Å². The Kier molecular flexibility index (Phi) is 5.99. The fourth-order valence-electron chi connectivity index (χ4n) is 2.21. The highest BCUT2D eigenvalue weighted by Crippen LogP contribution is 2.24. The molecule has 0 aliphatic heterocycles. The highest BCUT2D eigenvalue weighted by molar-refractivity contribution is 6.30. The minimum absolute atomic E-state index is 0.0620. The Morgan fingerprint density at radius 1 is 1.17 bits per heavy atom. The normalized spacial score (nSPS) is 12.1. The Hall–Kier alpha value is -2.07. The maximum Gasteiger partial charge on any atom is 0.191 e. The van der Waals surface area contributed by atoms with Crippen LogP contribution in [0.3, 0.4) is 0 Å². The molecule has 0 spiro atoms. The van der Waals surface area contributed by atoms with Crippen molar-refractivity contribution in [1.29, 1.82) is 0 Å². The van der Waals surface area contributed by atoms with Gasteiger partial charge in [-0.1, -0.05) is 43.6 Å². The van der Waals surface area contributed by atoms with Crippen LogP contribution < -0.4 is 10.6 Å². The van der Waals surface area contributed by atoms with Crippen LogP contribution in [0.25, 0.3) is 0 Å².